The molecule has 2 aromatic carbocycles. The summed E-state index contributed by atoms with van der Waals surface area (Å²) < 4.78 is 13.5. The molecule has 0 aliphatic carbocycles. The molecule has 0 aliphatic heterocycles. The normalized spacial score (nSPS) is 11.1. The molecule has 0 saturated carbocycles. The second kappa shape index (κ2) is 7.55. The van der Waals surface area contributed by atoms with Crippen LogP contribution in [-0.4, -0.2) is 5.11 Å². The first-order valence-electron chi connectivity index (χ1n) is 7.71. The van der Waals surface area contributed by atoms with Crippen molar-refractivity contribution < 1.29 is 4.39 Å². The van der Waals surface area contributed by atoms with Gasteiger partial charge in [0.2, 0.25) is 0 Å². The molecule has 4 heteroatoms. The van der Waals surface area contributed by atoms with E-state index in [9.17, 15) is 4.39 Å². The zero-order valence-electron chi connectivity index (χ0n) is 13.8. The first kappa shape index (κ1) is 17.4. The first-order chi connectivity index (χ1) is 10.9. The average Bonchev–Trinajstić information content (AvgIpc) is 2.51. The second-order valence-electron chi connectivity index (χ2n) is 6.57. The highest BCUT2D eigenvalue weighted by Crippen LogP contribution is 2.22. The van der Waals surface area contributed by atoms with Crippen molar-refractivity contribution in [2.24, 2.45) is 0 Å². The summed E-state index contributed by atoms with van der Waals surface area (Å²) in [7, 11) is 0. The van der Waals surface area contributed by atoms with E-state index in [0.717, 1.165) is 5.56 Å². The molecule has 0 aliphatic rings. The number of hydrogen-bond donors (Lipinski definition) is 2. The van der Waals surface area contributed by atoms with Crippen LogP contribution >= 0.6 is 12.2 Å². The highest BCUT2D eigenvalue weighted by Gasteiger charge is 2.12. The van der Waals surface area contributed by atoms with Gasteiger partial charge in [0.05, 0.1) is 0 Å². The minimum Gasteiger partial charge on any atom is -0.359 e. The van der Waals surface area contributed by atoms with Gasteiger partial charge in [-0.3, -0.25) is 0 Å². The minimum absolute atomic E-state index is 0.155. The molecular formula is C19H23FN2S. The van der Waals surface area contributed by atoms with E-state index < -0.39 is 0 Å². The molecule has 0 unspecified atom stereocenters. The van der Waals surface area contributed by atoms with Crippen LogP contribution in [0.3, 0.4) is 0 Å². The van der Waals surface area contributed by atoms with E-state index in [1.54, 1.807) is 12.1 Å². The van der Waals surface area contributed by atoms with Gasteiger partial charge in [-0.25, -0.2) is 4.39 Å². The predicted molar refractivity (Wildman–Crippen MR) is 97.8 cm³/mol. The van der Waals surface area contributed by atoms with Crippen molar-refractivity contribution >= 4 is 17.3 Å². The van der Waals surface area contributed by atoms with Gasteiger partial charge in [-0.2, -0.15) is 0 Å². The van der Waals surface area contributed by atoms with E-state index in [0.29, 0.717) is 23.8 Å². The average molecular weight is 330 g/mol. The van der Waals surface area contributed by atoms with E-state index in [4.69, 9.17) is 12.2 Å². The Balaban J connectivity index is 1.81. The molecule has 2 rings (SSSR count). The molecule has 23 heavy (non-hydrogen) atoms. The fourth-order valence-electron chi connectivity index (χ4n) is 2.18. The maximum absolute atomic E-state index is 13.5. The van der Waals surface area contributed by atoms with Crippen LogP contribution in [0.15, 0.2) is 48.5 Å². The summed E-state index contributed by atoms with van der Waals surface area (Å²) in [5, 5.41) is 6.69. The zero-order valence-corrected chi connectivity index (χ0v) is 14.6. The van der Waals surface area contributed by atoms with Gasteiger partial charge in [0, 0.05) is 18.7 Å². The molecule has 0 bridgehead atoms. The minimum atomic E-state index is -0.222. The van der Waals surface area contributed by atoms with Crippen LogP contribution in [0.2, 0.25) is 0 Å². The van der Waals surface area contributed by atoms with Crippen LogP contribution in [0.5, 0.6) is 0 Å². The summed E-state index contributed by atoms with van der Waals surface area (Å²) in [6, 6.07) is 15.2. The van der Waals surface area contributed by atoms with E-state index in [1.807, 2.05) is 6.07 Å². The van der Waals surface area contributed by atoms with Crippen LogP contribution in [0, 0.1) is 5.82 Å². The highest BCUT2D eigenvalue weighted by molar-refractivity contribution is 7.80. The number of thiocarbonyl (C=S) groups is 1. The fourth-order valence-corrected chi connectivity index (χ4v) is 2.33. The third-order valence-corrected chi connectivity index (χ3v) is 3.96. The largest absolute Gasteiger partial charge is 0.359 e. The SMILES string of the molecule is CC(C)(C)c1ccc(CNC(=S)NCc2ccccc2F)cc1. The van der Waals surface area contributed by atoms with Crippen LogP contribution < -0.4 is 10.6 Å². The molecule has 2 nitrogen and oxygen atoms in total. The molecule has 0 radical (unpaired) electrons. The summed E-state index contributed by atoms with van der Waals surface area (Å²) in [5.74, 6) is -0.222. The van der Waals surface area contributed by atoms with Crippen LogP contribution in [-0.2, 0) is 18.5 Å². The van der Waals surface area contributed by atoms with Gasteiger partial charge in [0.15, 0.2) is 5.11 Å². The lowest BCUT2D eigenvalue weighted by Gasteiger charge is -2.19. The predicted octanol–water partition coefficient (Wildman–Crippen LogP) is 4.29. The number of halogens is 1. The zero-order chi connectivity index (χ0) is 16.9. The first-order valence-corrected chi connectivity index (χ1v) is 8.11. The third-order valence-electron chi connectivity index (χ3n) is 3.67. The third kappa shape index (κ3) is 5.32. The van der Waals surface area contributed by atoms with Crippen molar-refractivity contribution in [2.45, 2.75) is 39.3 Å². The number of nitrogens with one attached hydrogen (secondary N) is 2. The van der Waals surface area contributed by atoms with Gasteiger partial charge in [-0.15, -0.1) is 0 Å². The van der Waals surface area contributed by atoms with E-state index >= 15 is 0 Å². The van der Waals surface area contributed by atoms with Gasteiger partial charge in [0.25, 0.3) is 0 Å². The monoisotopic (exact) mass is 330 g/mol. The van der Waals surface area contributed by atoms with Crippen molar-refractivity contribution in [1.82, 2.24) is 10.6 Å². The van der Waals surface area contributed by atoms with E-state index in [2.05, 4.69) is 55.7 Å². The molecule has 2 aromatic rings. The lowest BCUT2D eigenvalue weighted by Crippen LogP contribution is -2.34. The van der Waals surface area contributed by atoms with Gasteiger partial charge in [0.1, 0.15) is 5.82 Å². The Morgan fingerprint density at radius 1 is 0.957 bits per heavy atom. The lowest BCUT2D eigenvalue weighted by atomic mass is 9.87. The molecule has 0 heterocycles. The van der Waals surface area contributed by atoms with Crippen molar-refractivity contribution in [3.8, 4) is 0 Å². The maximum atomic E-state index is 13.5. The Bertz CT molecular complexity index is 660. The summed E-state index contributed by atoms with van der Waals surface area (Å²) in [6.07, 6.45) is 0. The standard InChI is InChI=1S/C19H23FN2S/c1-19(2,3)16-10-8-14(9-11-16)12-21-18(23)22-13-15-6-4-5-7-17(15)20/h4-11H,12-13H2,1-3H3,(H2,21,22,23). The number of hydrogen-bond acceptors (Lipinski definition) is 1. The van der Waals surface area contributed by atoms with Crippen LogP contribution in [0.25, 0.3) is 0 Å². The topological polar surface area (TPSA) is 24.1 Å². The fraction of sp³-hybridized carbons (Fsp3) is 0.316. The molecule has 0 spiro atoms. The molecule has 0 fully saturated rings. The van der Waals surface area contributed by atoms with E-state index in [1.165, 1.54) is 11.6 Å². The molecule has 0 aromatic heterocycles. The molecule has 2 N–H and O–H groups in total. The second-order valence-corrected chi connectivity index (χ2v) is 6.98. The summed E-state index contributed by atoms with van der Waals surface area (Å²) in [5.41, 5.74) is 3.23. The Kier molecular flexibility index (Phi) is 5.72. The lowest BCUT2D eigenvalue weighted by molar-refractivity contribution is 0.590. The smallest absolute Gasteiger partial charge is 0.166 e. The molecule has 0 atom stereocenters. The molecular weight excluding hydrogens is 307 g/mol. The van der Waals surface area contributed by atoms with Crippen molar-refractivity contribution in [3.63, 3.8) is 0 Å². The Labute approximate surface area is 143 Å². The molecule has 0 amide bonds. The Morgan fingerprint density at radius 2 is 1.57 bits per heavy atom. The van der Waals surface area contributed by atoms with Crippen molar-refractivity contribution in [3.05, 3.63) is 71.0 Å². The summed E-state index contributed by atoms with van der Waals surface area (Å²) in [6.45, 7) is 7.61. The number of rotatable bonds is 4. The maximum Gasteiger partial charge on any atom is 0.166 e. The quantitative estimate of drug-likeness (QED) is 0.818. The van der Waals surface area contributed by atoms with Gasteiger partial charge >= 0.3 is 0 Å². The highest BCUT2D eigenvalue weighted by atomic mass is 32.1. The van der Waals surface area contributed by atoms with Gasteiger partial charge in [-0.1, -0.05) is 63.2 Å². The van der Waals surface area contributed by atoms with Gasteiger partial charge in [-0.05, 0) is 34.8 Å². The van der Waals surface area contributed by atoms with Crippen molar-refractivity contribution in [1.29, 1.82) is 0 Å². The van der Waals surface area contributed by atoms with Crippen LogP contribution in [0.4, 0.5) is 4.39 Å². The van der Waals surface area contributed by atoms with Gasteiger partial charge < -0.3 is 10.6 Å². The van der Waals surface area contributed by atoms with Crippen molar-refractivity contribution in [2.75, 3.05) is 0 Å². The Hall–Kier alpha value is -1.94. The summed E-state index contributed by atoms with van der Waals surface area (Å²) in [4.78, 5) is 0. The van der Waals surface area contributed by atoms with Crippen LogP contribution in [0.1, 0.15) is 37.5 Å². The number of benzene rings is 2. The van der Waals surface area contributed by atoms with E-state index in [-0.39, 0.29) is 11.2 Å². The summed E-state index contributed by atoms with van der Waals surface area (Å²) >= 11 is 5.24. The molecule has 122 valence electrons. The Morgan fingerprint density at radius 3 is 2.17 bits per heavy atom. The molecule has 0 saturated heterocycles.